The summed E-state index contributed by atoms with van der Waals surface area (Å²) in [4.78, 5) is 18.6. The third-order valence-electron chi connectivity index (χ3n) is 4.52. The Kier molecular flexibility index (Phi) is 3.04. The van der Waals surface area contributed by atoms with Gasteiger partial charge in [0.15, 0.2) is 0 Å². The molecule has 7 nitrogen and oxygen atoms in total. The molecule has 22 heavy (non-hydrogen) atoms. The van der Waals surface area contributed by atoms with E-state index in [4.69, 9.17) is 9.26 Å². The highest BCUT2D eigenvalue weighted by Crippen LogP contribution is 2.40. The largest absolute Gasteiger partial charge is 0.365 e. The number of amides is 1. The summed E-state index contributed by atoms with van der Waals surface area (Å²) in [6.07, 6.45) is 2.67. The first-order valence-electron chi connectivity index (χ1n) is 7.48. The van der Waals surface area contributed by atoms with Crippen molar-refractivity contribution in [3.05, 3.63) is 35.7 Å². The number of hydrogen-bond donors (Lipinski definition) is 0. The Morgan fingerprint density at radius 1 is 1.41 bits per heavy atom. The van der Waals surface area contributed by atoms with Crippen molar-refractivity contribution in [3.63, 3.8) is 0 Å². The Balaban J connectivity index is 1.43. The molecule has 2 aliphatic rings. The maximum atomic E-state index is 12.5. The number of fused-ring (bicyclic) bond motifs is 1. The molecule has 0 bridgehead atoms. The van der Waals surface area contributed by atoms with Crippen molar-refractivity contribution in [2.45, 2.75) is 25.6 Å². The lowest BCUT2D eigenvalue weighted by molar-refractivity contribution is 0.0303. The molecule has 2 aliphatic heterocycles. The average molecular weight is 302 g/mol. The van der Waals surface area contributed by atoms with E-state index in [0.717, 1.165) is 13.0 Å². The van der Waals surface area contributed by atoms with Crippen molar-refractivity contribution in [2.24, 2.45) is 13.0 Å². The summed E-state index contributed by atoms with van der Waals surface area (Å²) in [7, 11) is 1.88. The molecule has 0 aliphatic carbocycles. The first kappa shape index (κ1) is 13.5. The lowest BCUT2D eigenvalue weighted by Gasteiger charge is -2.18. The second-order valence-electron chi connectivity index (χ2n) is 6.05. The van der Waals surface area contributed by atoms with Crippen molar-refractivity contribution in [2.75, 3.05) is 13.1 Å². The van der Waals surface area contributed by atoms with E-state index in [2.05, 4.69) is 10.1 Å². The second kappa shape index (κ2) is 4.95. The normalized spacial score (nSPS) is 27.4. The summed E-state index contributed by atoms with van der Waals surface area (Å²) in [6.45, 7) is 3.12. The van der Waals surface area contributed by atoms with Crippen LogP contribution in [0.1, 0.15) is 34.7 Å². The number of aromatic nitrogens is 3. The maximum absolute atomic E-state index is 12.5. The summed E-state index contributed by atoms with van der Waals surface area (Å²) in [5.41, 5.74) is 0.713. The van der Waals surface area contributed by atoms with E-state index >= 15 is 0 Å². The number of ether oxygens (including phenoxy) is 1. The van der Waals surface area contributed by atoms with E-state index in [1.807, 2.05) is 34.8 Å². The molecule has 4 heterocycles. The first-order chi connectivity index (χ1) is 10.6. The van der Waals surface area contributed by atoms with Crippen LogP contribution in [0, 0.1) is 12.8 Å². The van der Waals surface area contributed by atoms with Crippen LogP contribution < -0.4 is 0 Å². The predicted molar refractivity (Wildman–Crippen MR) is 76.1 cm³/mol. The Morgan fingerprint density at radius 2 is 2.27 bits per heavy atom. The molecular formula is C15H18N4O3. The number of aryl methyl sites for hydroxylation is 2. The van der Waals surface area contributed by atoms with E-state index in [1.54, 1.807) is 6.92 Å². The van der Waals surface area contributed by atoms with Gasteiger partial charge in [0.25, 0.3) is 5.91 Å². The van der Waals surface area contributed by atoms with Gasteiger partial charge in [-0.25, -0.2) is 0 Å². The molecule has 2 aromatic rings. The minimum atomic E-state index is -0.111. The molecule has 1 amide bonds. The van der Waals surface area contributed by atoms with E-state index < -0.39 is 0 Å². The Morgan fingerprint density at radius 3 is 2.91 bits per heavy atom. The van der Waals surface area contributed by atoms with E-state index in [-0.39, 0.29) is 18.1 Å². The molecule has 0 N–H and O–H groups in total. The Bertz CT molecular complexity index is 693. The lowest BCUT2D eigenvalue weighted by Crippen LogP contribution is -2.32. The number of nitrogens with zero attached hydrogens (tertiary/aromatic N) is 4. The van der Waals surface area contributed by atoms with Crippen LogP contribution in [-0.2, 0) is 11.8 Å². The van der Waals surface area contributed by atoms with Gasteiger partial charge < -0.3 is 18.7 Å². The van der Waals surface area contributed by atoms with Crippen LogP contribution >= 0.6 is 0 Å². The molecule has 2 saturated heterocycles. The quantitative estimate of drug-likeness (QED) is 0.836. The molecule has 116 valence electrons. The minimum absolute atomic E-state index is 0.0630. The molecule has 0 spiro atoms. The number of carbonyl (C=O) groups excluding carboxylic acids is 1. The van der Waals surface area contributed by atoms with Gasteiger partial charge in [0, 0.05) is 39.2 Å². The van der Waals surface area contributed by atoms with Crippen molar-refractivity contribution in [1.29, 1.82) is 0 Å². The molecule has 2 fully saturated rings. The summed E-state index contributed by atoms with van der Waals surface area (Å²) < 4.78 is 12.9. The van der Waals surface area contributed by atoms with Crippen LogP contribution in [0.4, 0.5) is 0 Å². The fourth-order valence-electron chi connectivity index (χ4n) is 3.39. The van der Waals surface area contributed by atoms with Gasteiger partial charge in [-0.15, -0.1) is 0 Å². The van der Waals surface area contributed by atoms with Crippen LogP contribution in [0.15, 0.2) is 22.9 Å². The predicted octanol–water partition coefficient (Wildman–Crippen LogP) is 1.32. The zero-order chi connectivity index (χ0) is 15.3. The third kappa shape index (κ3) is 2.12. The fraction of sp³-hybridized carbons (Fsp3) is 0.533. The van der Waals surface area contributed by atoms with Gasteiger partial charge in [-0.2, -0.15) is 4.98 Å². The van der Waals surface area contributed by atoms with Gasteiger partial charge in [-0.1, -0.05) is 5.16 Å². The van der Waals surface area contributed by atoms with Crippen LogP contribution in [0.25, 0.3) is 0 Å². The molecule has 0 unspecified atom stereocenters. The number of rotatable bonds is 2. The molecule has 7 heteroatoms. The fourth-order valence-corrected chi connectivity index (χ4v) is 3.39. The summed E-state index contributed by atoms with van der Waals surface area (Å²) in [5, 5.41) is 3.94. The van der Waals surface area contributed by atoms with Gasteiger partial charge in [0.05, 0.1) is 6.10 Å². The van der Waals surface area contributed by atoms with Crippen LogP contribution in [0.5, 0.6) is 0 Å². The number of carbonyl (C=O) groups is 1. The summed E-state index contributed by atoms with van der Waals surface area (Å²) >= 11 is 0. The molecule has 3 atom stereocenters. The van der Waals surface area contributed by atoms with Crippen molar-refractivity contribution in [1.82, 2.24) is 19.6 Å². The standard InChI is InChI=1S/C15H18N4O3/c1-9-16-14(17-22-9)12-6-10-7-19(8-13(10)21-12)15(20)11-4-3-5-18(11)2/h3-5,10,12-13H,6-8H2,1-2H3/t10-,12-,13+/m0/s1. The smallest absolute Gasteiger partial charge is 0.270 e. The van der Waals surface area contributed by atoms with Gasteiger partial charge in [0.1, 0.15) is 11.8 Å². The monoisotopic (exact) mass is 302 g/mol. The van der Waals surface area contributed by atoms with Crippen molar-refractivity contribution in [3.8, 4) is 0 Å². The molecule has 0 radical (unpaired) electrons. The number of likely N-dealkylation sites (tertiary alicyclic amines) is 1. The molecule has 4 rings (SSSR count). The topological polar surface area (TPSA) is 73.4 Å². The Labute approximate surface area is 127 Å². The molecule has 2 aromatic heterocycles. The van der Waals surface area contributed by atoms with Gasteiger partial charge in [0.2, 0.25) is 11.7 Å². The second-order valence-corrected chi connectivity index (χ2v) is 6.05. The third-order valence-corrected chi connectivity index (χ3v) is 4.52. The van der Waals surface area contributed by atoms with Gasteiger partial charge >= 0.3 is 0 Å². The molecule has 0 aromatic carbocycles. The van der Waals surface area contributed by atoms with E-state index in [1.165, 1.54) is 0 Å². The highest BCUT2D eigenvalue weighted by Gasteiger charge is 2.45. The van der Waals surface area contributed by atoms with Crippen LogP contribution in [0.3, 0.4) is 0 Å². The Hall–Kier alpha value is -2.15. The van der Waals surface area contributed by atoms with E-state index in [0.29, 0.717) is 29.9 Å². The van der Waals surface area contributed by atoms with Crippen molar-refractivity contribution >= 4 is 5.91 Å². The van der Waals surface area contributed by atoms with Crippen molar-refractivity contribution < 1.29 is 14.1 Å². The van der Waals surface area contributed by atoms with Crippen LogP contribution in [0.2, 0.25) is 0 Å². The van der Waals surface area contributed by atoms with Crippen LogP contribution in [-0.4, -0.2) is 44.7 Å². The average Bonchev–Trinajstić information content (AvgIpc) is 3.19. The summed E-state index contributed by atoms with van der Waals surface area (Å²) in [5.74, 6) is 1.58. The molecule has 0 saturated carbocycles. The first-order valence-corrected chi connectivity index (χ1v) is 7.48. The lowest BCUT2D eigenvalue weighted by atomic mass is 10.0. The van der Waals surface area contributed by atoms with E-state index in [9.17, 15) is 4.79 Å². The maximum Gasteiger partial charge on any atom is 0.270 e. The zero-order valence-electron chi connectivity index (χ0n) is 12.6. The summed E-state index contributed by atoms with van der Waals surface area (Å²) in [6, 6.07) is 3.73. The SMILES string of the molecule is Cc1nc([C@@H]2C[C@H]3CN(C(=O)c4cccn4C)C[C@H]3O2)no1. The van der Waals surface area contributed by atoms with Gasteiger partial charge in [-0.3, -0.25) is 4.79 Å². The zero-order valence-corrected chi connectivity index (χ0v) is 12.6. The highest BCUT2D eigenvalue weighted by molar-refractivity contribution is 5.93. The molecular weight excluding hydrogens is 284 g/mol. The number of hydrogen-bond acceptors (Lipinski definition) is 5. The minimum Gasteiger partial charge on any atom is -0.365 e. The van der Waals surface area contributed by atoms with Gasteiger partial charge in [-0.05, 0) is 18.6 Å². The highest BCUT2D eigenvalue weighted by atomic mass is 16.5.